The molecule has 2 aromatic rings. The SMILES string of the molecule is COCCNC(=O)c1cc2ccc(OC(=O)C3CCCCC3)cc2oc1=O. The summed E-state index contributed by atoms with van der Waals surface area (Å²) in [5, 5.41) is 3.16. The van der Waals surface area contributed by atoms with E-state index in [2.05, 4.69) is 5.32 Å². The van der Waals surface area contributed by atoms with E-state index in [9.17, 15) is 14.4 Å². The molecule has 7 nitrogen and oxygen atoms in total. The summed E-state index contributed by atoms with van der Waals surface area (Å²) in [5.74, 6) is -0.501. The topological polar surface area (TPSA) is 94.8 Å². The molecular formula is C20H23NO6. The van der Waals surface area contributed by atoms with Gasteiger partial charge in [0.2, 0.25) is 0 Å². The minimum atomic E-state index is -0.742. The summed E-state index contributed by atoms with van der Waals surface area (Å²) < 4.78 is 15.6. The van der Waals surface area contributed by atoms with E-state index in [1.807, 2.05) is 0 Å². The van der Waals surface area contributed by atoms with Gasteiger partial charge in [-0.25, -0.2) is 4.79 Å². The highest BCUT2D eigenvalue weighted by atomic mass is 16.5. The van der Waals surface area contributed by atoms with E-state index in [1.54, 1.807) is 12.1 Å². The van der Waals surface area contributed by atoms with Crippen molar-refractivity contribution in [1.29, 1.82) is 0 Å². The Kier molecular flexibility index (Phi) is 6.24. The lowest BCUT2D eigenvalue weighted by molar-refractivity contribution is -0.139. The van der Waals surface area contributed by atoms with Crippen LogP contribution in [-0.4, -0.2) is 32.1 Å². The molecule has 0 atom stereocenters. The van der Waals surface area contributed by atoms with Crippen LogP contribution < -0.4 is 15.7 Å². The predicted molar refractivity (Wildman–Crippen MR) is 98.9 cm³/mol. The Hall–Kier alpha value is -2.67. The first-order valence-electron chi connectivity index (χ1n) is 9.15. The van der Waals surface area contributed by atoms with Crippen LogP contribution in [0.2, 0.25) is 0 Å². The van der Waals surface area contributed by atoms with Gasteiger partial charge in [-0.2, -0.15) is 0 Å². The Labute approximate surface area is 156 Å². The zero-order valence-electron chi connectivity index (χ0n) is 15.3. The van der Waals surface area contributed by atoms with Crippen molar-refractivity contribution in [2.75, 3.05) is 20.3 Å². The van der Waals surface area contributed by atoms with Crippen LogP contribution in [0, 0.1) is 5.92 Å². The normalized spacial score (nSPS) is 14.9. The third-order valence-corrected chi connectivity index (χ3v) is 4.70. The Morgan fingerprint density at radius 1 is 1.19 bits per heavy atom. The molecule has 0 radical (unpaired) electrons. The zero-order valence-corrected chi connectivity index (χ0v) is 15.3. The molecule has 1 N–H and O–H groups in total. The third kappa shape index (κ3) is 4.74. The Morgan fingerprint density at radius 2 is 1.96 bits per heavy atom. The number of hydrogen-bond acceptors (Lipinski definition) is 6. The van der Waals surface area contributed by atoms with E-state index in [1.165, 1.54) is 19.2 Å². The summed E-state index contributed by atoms with van der Waals surface area (Å²) >= 11 is 0. The lowest BCUT2D eigenvalue weighted by Crippen LogP contribution is -2.30. The van der Waals surface area contributed by atoms with Crippen molar-refractivity contribution in [3.8, 4) is 5.75 Å². The Bertz CT molecular complexity index is 882. The molecule has 0 unspecified atom stereocenters. The number of esters is 1. The molecule has 1 aliphatic carbocycles. The highest BCUT2D eigenvalue weighted by molar-refractivity contribution is 5.96. The van der Waals surface area contributed by atoms with E-state index >= 15 is 0 Å². The van der Waals surface area contributed by atoms with Gasteiger partial charge in [0.25, 0.3) is 5.91 Å². The minimum absolute atomic E-state index is 0.0698. The average molecular weight is 373 g/mol. The predicted octanol–water partition coefficient (Wildman–Crippen LogP) is 2.65. The van der Waals surface area contributed by atoms with Crippen molar-refractivity contribution in [1.82, 2.24) is 5.32 Å². The molecule has 1 saturated carbocycles. The standard InChI is InChI=1S/C20H23NO6/c1-25-10-9-21-18(22)16-11-14-7-8-15(12-17(14)27-20(16)24)26-19(23)13-5-3-2-4-6-13/h7-8,11-13H,2-6,9-10H2,1H3,(H,21,22). The van der Waals surface area contributed by atoms with Gasteiger partial charge in [-0.3, -0.25) is 9.59 Å². The van der Waals surface area contributed by atoms with Crippen molar-refractivity contribution in [3.05, 3.63) is 40.2 Å². The number of nitrogens with one attached hydrogen (secondary N) is 1. The van der Waals surface area contributed by atoms with Crippen LogP contribution in [0.25, 0.3) is 11.0 Å². The fourth-order valence-electron chi connectivity index (χ4n) is 3.21. The van der Waals surface area contributed by atoms with Crippen molar-refractivity contribution < 1.29 is 23.5 Å². The molecule has 144 valence electrons. The summed E-state index contributed by atoms with van der Waals surface area (Å²) in [4.78, 5) is 36.5. The number of carbonyl (C=O) groups excluding carboxylic acids is 2. The maximum atomic E-state index is 12.3. The molecule has 0 saturated heterocycles. The third-order valence-electron chi connectivity index (χ3n) is 4.70. The van der Waals surface area contributed by atoms with Crippen LogP contribution in [0.1, 0.15) is 42.5 Å². The highest BCUT2D eigenvalue weighted by Gasteiger charge is 2.23. The summed E-state index contributed by atoms with van der Waals surface area (Å²) in [6.45, 7) is 0.642. The van der Waals surface area contributed by atoms with Gasteiger partial charge >= 0.3 is 11.6 Å². The number of methoxy groups -OCH3 is 1. The van der Waals surface area contributed by atoms with Crippen LogP contribution in [-0.2, 0) is 9.53 Å². The van der Waals surface area contributed by atoms with Crippen molar-refractivity contribution in [3.63, 3.8) is 0 Å². The summed E-state index contributed by atoms with van der Waals surface area (Å²) in [7, 11) is 1.52. The van der Waals surface area contributed by atoms with Crippen LogP contribution in [0.15, 0.2) is 33.5 Å². The molecule has 3 rings (SSSR count). The number of benzene rings is 1. The second-order valence-electron chi connectivity index (χ2n) is 6.65. The smallest absolute Gasteiger partial charge is 0.349 e. The molecule has 1 heterocycles. The van der Waals surface area contributed by atoms with Crippen molar-refractivity contribution in [2.24, 2.45) is 5.92 Å². The Balaban J connectivity index is 1.75. The van der Waals surface area contributed by atoms with E-state index in [0.717, 1.165) is 32.1 Å². The first kappa shape index (κ1) is 19.1. The molecule has 27 heavy (non-hydrogen) atoms. The lowest BCUT2D eigenvalue weighted by Gasteiger charge is -2.19. The first-order chi connectivity index (χ1) is 13.1. The van der Waals surface area contributed by atoms with Gasteiger partial charge in [-0.05, 0) is 31.0 Å². The molecule has 7 heteroatoms. The molecular weight excluding hydrogens is 350 g/mol. The maximum Gasteiger partial charge on any atom is 0.349 e. The van der Waals surface area contributed by atoms with Crippen LogP contribution in [0.3, 0.4) is 0 Å². The highest BCUT2D eigenvalue weighted by Crippen LogP contribution is 2.27. The minimum Gasteiger partial charge on any atom is -0.426 e. The molecule has 1 aromatic carbocycles. The second-order valence-corrected chi connectivity index (χ2v) is 6.65. The maximum absolute atomic E-state index is 12.3. The number of hydrogen-bond donors (Lipinski definition) is 1. The van der Waals surface area contributed by atoms with Gasteiger partial charge in [0.05, 0.1) is 12.5 Å². The summed E-state index contributed by atoms with van der Waals surface area (Å²) in [6.07, 6.45) is 4.95. The zero-order chi connectivity index (χ0) is 19.2. The van der Waals surface area contributed by atoms with Gasteiger partial charge in [0.1, 0.15) is 16.9 Å². The molecule has 0 aliphatic heterocycles. The lowest BCUT2D eigenvalue weighted by atomic mass is 9.89. The number of fused-ring (bicyclic) bond motifs is 1. The van der Waals surface area contributed by atoms with Gasteiger partial charge < -0.3 is 19.2 Å². The molecule has 1 fully saturated rings. The van der Waals surface area contributed by atoms with Crippen molar-refractivity contribution >= 4 is 22.8 Å². The van der Waals surface area contributed by atoms with Gasteiger partial charge in [0, 0.05) is 25.1 Å². The number of carbonyl (C=O) groups is 2. The molecule has 0 bridgehead atoms. The van der Waals surface area contributed by atoms with Gasteiger partial charge in [0.15, 0.2) is 0 Å². The molecule has 1 amide bonds. The summed E-state index contributed by atoms with van der Waals surface area (Å²) in [5.41, 5.74) is -0.555. The largest absolute Gasteiger partial charge is 0.426 e. The molecule has 1 aromatic heterocycles. The summed E-state index contributed by atoms with van der Waals surface area (Å²) in [6, 6.07) is 6.27. The van der Waals surface area contributed by atoms with E-state index in [-0.39, 0.29) is 23.0 Å². The van der Waals surface area contributed by atoms with Crippen LogP contribution >= 0.6 is 0 Å². The average Bonchev–Trinajstić information content (AvgIpc) is 2.68. The van der Waals surface area contributed by atoms with Crippen LogP contribution in [0.5, 0.6) is 5.75 Å². The van der Waals surface area contributed by atoms with Gasteiger partial charge in [-0.15, -0.1) is 0 Å². The van der Waals surface area contributed by atoms with Crippen molar-refractivity contribution in [2.45, 2.75) is 32.1 Å². The first-order valence-corrected chi connectivity index (χ1v) is 9.15. The fraction of sp³-hybridized carbons (Fsp3) is 0.450. The monoisotopic (exact) mass is 373 g/mol. The number of rotatable bonds is 6. The Morgan fingerprint density at radius 3 is 2.70 bits per heavy atom. The fourth-order valence-corrected chi connectivity index (χ4v) is 3.21. The van der Waals surface area contributed by atoms with E-state index in [4.69, 9.17) is 13.9 Å². The number of ether oxygens (including phenoxy) is 2. The number of amides is 1. The van der Waals surface area contributed by atoms with Crippen LogP contribution in [0.4, 0.5) is 0 Å². The second kappa shape index (κ2) is 8.81. The molecule has 0 spiro atoms. The van der Waals surface area contributed by atoms with E-state index < -0.39 is 11.5 Å². The van der Waals surface area contributed by atoms with Gasteiger partial charge in [-0.1, -0.05) is 19.3 Å². The van der Waals surface area contributed by atoms with E-state index in [0.29, 0.717) is 24.3 Å². The quantitative estimate of drug-likeness (QED) is 0.362. The molecule has 1 aliphatic rings.